The third-order valence-corrected chi connectivity index (χ3v) is 4.93. The predicted molar refractivity (Wildman–Crippen MR) is 109 cm³/mol. The maximum absolute atomic E-state index is 12.9. The second-order valence-electron chi connectivity index (χ2n) is 7.02. The van der Waals surface area contributed by atoms with Crippen LogP contribution in [0.5, 0.6) is 0 Å². The minimum absolute atomic E-state index is 0.169. The maximum atomic E-state index is 12.9. The molecular weight excluding hydrogens is 378 g/mol. The van der Waals surface area contributed by atoms with Crippen LogP contribution in [-0.4, -0.2) is 56.5 Å². The Morgan fingerprint density at radius 1 is 1.25 bits per heavy atom. The van der Waals surface area contributed by atoms with Crippen LogP contribution in [0.25, 0.3) is 10.9 Å². The molecule has 1 fully saturated rings. The van der Waals surface area contributed by atoms with Gasteiger partial charge < -0.3 is 20.1 Å². The van der Waals surface area contributed by atoms with Crippen LogP contribution in [0.1, 0.15) is 30.5 Å². The molecule has 4 rings (SSSR count). The van der Waals surface area contributed by atoms with E-state index < -0.39 is 0 Å². The summed E-state index contributed by atoms with van der Waals surface area (Å²) in [5.41, 5.74) is 0.656. The van der Waals surface area contributed by atoms with Crippen molar-refractivity contribution in [2.75, 3.05) is 31.5 Å². The molecule has 0 spiro atoms. The lowest BCUT2D eigenvalue weighted by Gasteiger charge is -2.26. The largest absolute Gasteiger partial charge is 0.333 e. The molecule has 1 saturated heterocycles. The van der Waals surface area contributed by atoms with Crippen LogP contribution in [0.2, 0.25) is 5.02 Å². The highest BCUT2D eigenvalue weighted by Crippen LogP contribution is 2.27. The number of imidazole rings is 1. The number of hydrogen-bond acceptors (Lipinski definition) is 6. The Hall–Kier alpha value is -2.71. The minimum atomic E-state index is -0.172. The Kier molecular flexibility index (Phi) is 5.15. The molecule has 28 heavy (non-hydrogen) atoms. The lowest BCUT2D eigenvalue weighted by molar-refractivity contribution is 0.0724. The Morgan fingerprint density at radius 3 is 2.75 bits per heavy atom. The first-order valence-electron chi connectivity index (χ1n) is 9.29. The Balaban J connectivity index is 1.73. The van der Waals surface area contributed by atoms with E-state index in [2.05, 4.69) is 39.4 Å². The van der Waals surface area contributed by atoms with E-state index in [0.29, 0.717) is 41.3 Å². The molecule has 1 aromatic carbocycles. The molecule has 8 nitrogen and oxygen atoms in total. The highest BCUT2D eigenvalue weighted by atomic mass is 35.5. The summed E-state index contributed by atoms with van der Waals surface area (Å²) in [7, 11) is 0. The van der Waals surface area contributed by atoms with Gasteiger partial charge in [0.25, 0.3) is 5.91 Å². The molecule has 0 aliphatic carbocycles. The van der Waals surface area contributed by atoms with E-state index in [1.807, 2.05) is 10.8 Å². The second-order valence-corrected chi connectivity index (χ2v) is 7.46. The smallest absolute Gasteiger partial charge is 0.291 e. The number of amides is 1. The van der Waals surface area contributed by atoms with E-state index in [4.69, 9.17) is 11.6 Å². The van der Waals surface area contributed by atoms with E-state index in [0.717, 1.165) is 18.5 Å². The molecule has 0 atom stereocenters. The van der Waals surface area contributed by atoms with Crippen molar-refractivity contribution in [1.29, 1.82) is 0 Å². The number of fused-ring (bicyclic) bond motifs is 1. The number of nitrogens with zero attached hydrogens (tertiary/aromatic N) is 5. The molecule has 3 aromatic rings. The van der Waals surface area contributed by atoms with Crippen molar-refractivity contribution in [3.63, 3.8) is 0 Å². The average Bonchev–Trinajstić information content (AvgIpc) is 3.17. The van der Waals surface area contributed by atoms with Crippen LogP contribution >= 0.6 is 11.6 Å². The number of carbonyl (C=O) groups excluding carboxylic acids is 1. The molecule has 1 amide bonds. The fourth-order valence-corrected chi connectivity index (χ4v) is 3.28. The van der Waals surface area contributed by atoms with Gasteiger partial charge in [0.05, 0.1) is 11.8 Å². The highest BCUT2D eigenvalue weighted by molar-refractivity contribution is 6.31. The summed E-state index contributed by atoms with van der Waals surface area (Å²) in [6.45, 7) is 6.98. The molecule has 1 aliphatic rings. The van der Waals surface area contributed by atoms with Crippen molar-refractivity contribution in [1.82, 2.24) is 29.7 Å². The van der Waals surface area contributed by atoms with E-state index >= 15 is 0 Å². The number of hydrogen-bond donors (Lipinski definition) is 2. The number of rotatable bonds is 4. The summed E-state index contributed by atoms with van der Waals surface area (Å²) in [4.78, 5) is 28.1. The number of benzene rings is 1. The zero-order valence-corrected chi connectivity index (χ0v) is 16.6. The fourth-order valence-electron chi connectivity index (χ4n) is 3.11. The topological polar surface area (TPSA) is 88.0 Å². The monoisotopic (exact) mass is 399 g/mol. The summed E-state index contributed by atoms with van der Waals surface area (Å²) in [6.07, 6.45) is 3.66. The molecule has 1 aliphatic heterocycles. The SMILES string of the molecule is CC(C)n1cnc(Nc2nc(C(=O)N3CCNCC3)nc3ccc(Cl)cc23)c1. The molecule has 0 unspecified atom stereocenters. The van der Waals surface area contributed by atoms with Gasteiger partial charge in [-0.05, 0) is 32.0 Å². The Bertz CT molecular complexity index is 1010. The molecule has 2 aromatic heterocycles. The number of piperazine rings is 1. The summed E-state index contributed by atoms with van der Waals surface area (Å²) < 4.78 is 1.99. The fraction of sp³-hybridized carbons (Fsp3) is 0.368. The van der Waals surface area contributed by atoms with Crippen molar-refractivity contribution in [2.24, 2.45) is 0 Å². The molecule has 3 heterocycles. The van der Waals surface area contributed by atoms with E-state index in [9.17, 15) is 4.79 Å². The number of halogens is 1. The molecule has 2 N–H and O–H groups in total. The number of aromatic nitrogens is 4. The van der Waals surface area contributed by atoms with Crippen molar-refractivity contribution >= 4 is 40.0 Å². The number of carbonyl (C=O) groups is 1. The number of anilines is 2. The van der Waals surface area contributed by atoms with E-state index in [-0.39, 0.29) is 11.7 Å². The Labute approximate surface area is 167 Å². The van der Waals surface area contributed by atoms with Gasteiger partial charge >= 0.3 is 0 Å². The van der Waals surface area contributed by atoms with Gasteiger partial charge in [0.2, 0.25) is 5.82 Å². The molecule has 9 heteroatoms. The van der Waals surface area contributed by atoms with Crippen LogP contribution in [0.15, 0.2) is 30.7 Å². The zero-order chi connectivity index (χ0) is 19.7. The summed E-state index contributed by atoms with van der Waals surface area (Å²) in [6, 6.07) is 5.64. The zero-order valence-electron chi connectivity index (χ0n) is 15.8. The normalized spacial score (nSPS) is 14.6. The van der Waals surface area contributed by atoms with Gasteiger partial charge in [-0.15, -0.1) is 0 Å². The molecule has 0 saturated carbocycles. The molecule has 146 valence electrons. The van der Waals surface area contributed by atoms with Crippen molar-refractivity contribution in [2.45, 2.75) is 19.9 Å². The first-order valence-corrected chi connectivity index (χ1v) is 9.67. The van der Waals surface area contributed by atoms with Gasteiger partial charge in [-0.1, -0.05) is 11.6 Å². The average molecular weight is 400 g/mol. The minimum Gasteiger partial charge on any atom is -0.333 e. The molecular formula is C19H22ClN7O. The summed E-state index contributed by atoms with van der Waals surface area (Å²) in [5, 5.41) is 7.78. The maximum Gasteiger partial charge on any atom is 0.291 e. The summed E-state index contributed by atoms with van der Waals surface area (Å²) in [5.74, 6) is 1.16. The number of nitrogens with one attached hydrogen (secondary N) is 2. The first-order chi connectivity index (χ1) is 13.5. The van der Waals surface area contributed by atoms with E-state index in [1.54, 1.807) is 29.4 Å². The van der Waals surface area contributed by atoms with Crippen LogP contribution in [0.3, 0.4) is 0 Å². The van der Waals surface area contributed by atoms with Crippen LogP contribution in [-0.2, 0) is 0 Å². The third-order valence-electron chi connectivity index (χ3n) is 4.70. The quantitative estimate of drug-likeness (QED) is 0.701. The van der Waals surface area contributed by atoms with Gasteiger partial charge in [0, 0.05) is 48.8 Å². The lowest BCUT2D eigenvalue weighted by Crippen LogP contribution is -2.46. The van der Waals surface area contributed by atoms with Gasteiger partial charge in [-0.2, -0.15) is 0 Å². The van der Waals surface area contributed by atoms with Gasteiger partial charge in [0.15, 0.2) is 0 Å². The summed E-state index contributed by atoms with van der Waals surface area (Å²) >= 11 is 6.18. The van der Waals surface area contributed by atoms with Crippen molar-refractivity contribution < 1.29 is 4.79 Å². The third kappa shape index (κ3) is 3.79. The van der Waals surface area contributed by atoms with Crippen LogP contribution < -0.4 is 10.6 Å². The Morgan fingerprint density at radius 2 is 2.04 bits per heavy atom. The standard InChI is InChI=1S/C19H22ClN7O/c1-12(2)27-10-16(22-11-27)24-17-14-9-13(20)3-4-15(14)23-18(25-17)19(28)26-7-5-21-6-8-26/h3-4,9-12,21H,5-8H2,1-2H3,(H,23,24,25). The van der Waals surface area contributed by atoms with Gasteiger partial charge in [0.1, 0.15) is 11.6 Å². The van der Waals surface area contributed by atoms with E-state index in [1.165, 1.54) is 0 Å². The van der Waals surface area contributed by atoms with Gasteiger partial charge in [-0.3, -0.25) is 4.79 Å². The second kappa shape index (κ2) is 7.73. The van der Waals surface area contributed by atoms with Crippen LogP contribution in [0.4, 0.5) is 11.6 Å². The van der Waals surface area contributed by atoms with Crippen molar-refractivity contribution in [3.05, 3.63) is 41.6 Å². The highest BCUT2D eigenvalue weighted by Gasteiger charge is 2.22. The molecule has 0 radical (unpaired) electrons. The lowest BCUT2D eigenvalue weighted by atomic mass is 10.2. The molecule has 0 bridgehead atoms. The predicted octanol–water partition coefficient (Wildman–Crippen LogP) is 2.85. The van der Waals surface area contributed by atoms with Crippen LogP contribution in [0, 0.1) is 0 Å². The van der Waals surface area contributed by atoms with Crippen molar-refractivity contribution in [3.8, 4) is 0 Å². The first kappa shape index (κ1) is 18.6. The van der Waals surface area contributed by atoms with Gasteiger partial charge in [-0.25, -0.2) is 15.0 Å².